The topological polar surface area (TPSA) is 50.4 Å². The summed E-state index contributed by atoms with van der Waals surface area (Å²) in [6.07, 6.45) is 3.19. The number of nitrogens with one attached hydrogen (secondary N) is 2. The van der Waals surface area contributed by atoms with E-state index in [9.17, 15) is 4.79 Å². The van der Waals surface area contributed by atoms with Gasteiger partial charge in [-0.25, -0.2) is 0 Å². The fourth-order valence-corrected chi connectivity index (χ4v) is 2.14. The number of hydrogen-bond donors (Lipinski definition) is 2. The molecule has 1 aromatic carbocycles. The Morgan fingerprint density at radius 2 is 2.39 bits per heavy atom. The number of rotatable bonds is 4. The lowest BCUT2D eigenvalue weighted by atomic mass is 10.0. The lowest BCUT2D eigenvalue weighted by molar-refractivity contribution is -0.118. The summed E-state index contributed by atoms with van der Waals surface area (Å²) >= 11 is 0. The van der Waals surface area contributed by atoms with Crippen LogP contribution in [0.1, 0.15) is 26.2 Å². The van der Waals surface area contributed by atoms with Gasteiger partial charge in [-0.2, -0.15) is 0 Å². The summed E-state index contributed by atoms with van der Waals surface area (Å²) in [5.41, 5.74) is 0.790. The van der Waals surface area contributed by atoms with Gasteiger partial charge in [0.25, 0.3) is 0 Å². The molecule has 1 fully saturated rings. The van der Waals surface area contributed by atoms with Crippen LogP contribution in [0.3, 0.4) is 0 Å². The normalized spacial score (nSPS) is 19.3. The molecule has 0 spiro atoms. The van der Waals surface area contributed by atoms with E-state index in [0.717, 1.165) is 37.2 Å². The van der Waals surface area contributed by atoms with E-state index < -0.39 is 0 Å². The van der Waals surface area contributed by atoms with Crippen LogP contribution >= 0.6 is 0 Å². The molecule has 1 heterocycles. The Balaban J connectivity index is 1.95. The summed E-state index contributed by atoms with van der Waals surface area (Å²) in [4.78, 5) is 12.0. The number of amides is 1. The molecule has 0 radical (unpaired) electrons. The summed E-state index contributed by atoms with van der Waals surface area (Å²) in [6.45, 7) is 3.50. The first-order valence-electron chi connectivity index (χ1n) is 6.56. The van der Waals surface area contributed by atoms with Gasteiger partial charge in [-0.3, -0.25) is 4.79 Å². The van der Waals surface area contributed by atoms with Gasteiger partial charge in [0.1, 0.15) is 5.75 Å². The van der Waals surface area contributed by atoms with Gasteiger partial charge in [0.05, 0.1) is 12.6 Å². The minimum atomic E-state index is -0.0606. The quantitative estimate of drug-likeness (QED) is 0.858. The van der Waals surface area contributed by atoms with Crippen LogP contribution in [0.25, 0.3) is 0 Å². The Morgan fingerprint density at radius 1 is 1.50 bits per heavy atom. The molecule has 1 unspecified atom stereocenters. The van der Waals surface area contributed by atoms with Crippen molar-refractivity contribution in [2.24, 2.45) is 0 Å². The van der Waals surface area contributed by atoms with E-state index in [1.165, 1.54) is 0 Å². The van der Waals surface area contributed by atoms with Crippen LogP contribution < -0.4 is 15.4 Å². The molecule has 0 aliphatic carbocycles. The Labute approximate surface area is 108 Å². The maximum absolute atomic E-state index is 12.0. The van der Waals surface area contributed by atoms with Gasteiger partial charge >= 0.3 is 0 Å². The zero-order valence-electron chi connectivity index (χ0n) is 10.7. The molecule has 0 bridgehead atoms. The molecule has 1 saturated heterocycles. The van der Waals surface area contributed by atoms with Crippen LogP contribution in [0.2, 0.25) is 0 Å². The van der Waals surface area contributed by atoms with Crippen LogP contribution in [0.4, 0.5) is 5.69 Å². The molecule has 2 N–H and O–H groups in total. The number of benzene rings is 1. The molecule has 18 heavy (non-hydrogen) atoms. The van der Waals surface area contributed by atoms with E-state index in [-0.39, 0.29) is 11.9 Å². The second-order valence-corrected chi connectivity index (χ2v) is 4.45. The first kappa shape index (κ1) is 12.9. The van der Waals surface area contributed by atoms with Gasteiger partial charge in [-0.1, -0.05) is 12.5 Å². The fourth-order valence-electron chi connectivity index (χ4n) is 2.14. The van der Waals surface area contributed by atoms with Gasteiger partial charge in [0.15, 0.2) is 0 Å². The highest BCUT2D eigenvalue weighted by Gasteiger charge is 2.20. The Hall–Kier alpha value is -1.55. The SMILES string of the molecule is CCOc1cccc(NC(=O)C2CCCCN2)c1. The van der Waals surface area contributed by atoms with E-state index in [1.54, 1.807) is 0 Å². The van der Waals surface area contributed by atoms with Gasteiger partial charge in [0, 0.05) is 11.8 Å². The van der Waals surface area contributed by atoms with Gasteiger partial charge in [0.2, 0.25) is 5.91 Å². The standard InChI is InChI=1S/C14H20N2O2/c1-2-18-12-7-5-6-11(10-12)16-14(17)13-8-3-4-9-15-13/h5-7,10,13,15H,2-4,8-9H2,1H3,(H,16,17). The number of anilines is 1. The van der Waals surface area contributed by atoms with Crippen LogP contribution in [-0.4, -0.2) is 25.1 Å². The molecule has 0 aromatic heterocycles. The van der Waals surface area contributed by atoms with Crippen LogP contribution in [0, 0.1) is 0 Å². The van der Waals surface area contributed by atoms with E-state index in [2.05, 4.69) is 10.6 Å². The van der Waals surface area contributed by atoms with E-state index in [1.807, 2.05) is 31.2 Å². The third-order valence-corrected chi connectivity index (χ3v) is 3.04. The second-order valence-electron chi connectivity index (χ2n) is 4.45. The fraction of sp³-hybridized carbons (Fsp3) is 0.500. The minimum absolute atomic E-state index is 0.0448. The molecule has 1 atom stereocenters. The molecule has 0 saturated carbocycles. The summed E-state index contributed by atoms with van der Waals surface area (Å²) < 4.78 is 5.41. The molecule has 1 aliphatic rings. The molecule has 2 rings (SSSR count). The molecular formula is C14H20N2O2. The summed E-state index contributed by atoms with van der Waals surface area (Å²) in [5, 5.41) is 6.16. The summed E-state index contributed by atoms with van der Waals surface area (Å²) in [6, 6.07) is 7.44. The Bertz CT molecular complexity index is 401. The Morgan fingerprint density at radius 3 is 3.11 bits per heavy atom. The van der Waals surface area contributed by atoms with Gasteiger partial charge in [-0.15, -0.1) is 0 Å². The molecular weight excluding hydrogens is 228 g/mol. The molecule has 1 aromatic rings. The van der Waals surface area contributed by atoms with Crippen molar-refractivity contribution in [1.29, 1.82) is 0 Å². The van der Waals surface area contributed by atoms with Crippen LogP contribution in [0.5, 0.6) is 5.75 Å². The van der Waals surface area contributed by atoms with Crippen molar-refractivity contribution in [2.75, 3.05) is 18.5 Å². The molecule has 98 valence electrons. The predicted molar refractivity (Wildman–Crippen MR) is 71.9 cm³/mol. The Kier molecular flexibility index (Phi) is 4.59. The molecule has 1 amide bonds. The zero-order valence-corrected chi connectivity index (χ0v) is 10.7. The lowest BCUT2D eigenvalue weighted by Gasteiger charge is -2.22. The average Bonchev–Trinajstić information content (AvgIpc) is 2.40. The highest BCUT2D eigenvalue weighted by atomic mass is 16.5. The minimum Gasteiger partial charge on any atom is -0.494 e. The molecule has 1 aliphatic heterocycles. The third kappa shape index (κ3) is 3.47. The van der Waals surface area contributed by atoms with Crippen molar-refractivity contribution in [1.82, 2.24) is 5.32 Å². The van der Waals surface area contributed by atoms with Crippen molar-refractivity contribution in [2.45, 2.75) is 32.2 Å². The highest BCUT2D eigenvalue weighted by molar-refractivity contribution is 5.95. The maximum Gasteiger partial charge on any atom is 0.241 e. The van der Waals surface area contributed by atoms with Crippen LogP contribution in [-0.2, 0) is 4.79 Å². The first-order chi connectivity index (χ1) is 8.79. The summed E-state index contributed by atoms with van der Waals surface area (Å²) in [5.74, 6) is 0.829. The van der Waals surface area contributed by atoms with Gasteiger partial charge in [-0.05, 0) is 38.4 Å². The van der Waals surface area contributed by atoms with Crippen LogP contribution in [0.15, 0.2) is 24.3 Å². The smallest absolute Gasteiger partial charge is 0.241 e. The van der Waals surface area contributed by atoms with Crippen molar-refractivity contribution in [3.63, 3.8) is 0 Å². The monoisotopic (exact) mass is 248 g/mol. The first-order valence-corrected chi connectivity index (χ1v) is 6.56. The largest absolute Gasteiger partial charge is 0.494 e. The third-order valence-electron chi connectivity index (χ3n) is 3.04. The van der Waals surface area contributed by atoms with E-state index >= 15 is 0 Å². The number of carbonyl (C=O) groups excluding carboxylic acids is 1. The van der Waals surface area contributed by atoms with E-state index in [0.29, 0.717) is 6.61 Å². The number of piperidine rings is 1. The average molecular weight is 248 g/mol. The van der Waals surface area contributed by atoms with Gasteiger partial charge < -0.3 is 15.4 Å². The summed E-state index contributed by atoms with van der Waals surface area (Å²) in [7, 11) is 0. The lowest BCUT2D eigenvalue weighted by Crippen LogP contribution is -2.43. The number of hydrogen-bond acceptors (Lipinski definition) is 3. The zero-order chi connectivity index (χ0) is 12.8. The predicted octanol–water partition coefficient (Wildman–Crippen LogP) is 2.17. The number of carbonyl (C=O) groups is 1. The molecule has 4 nitrogen and oxygen atoms in total. The van der Waals surface area contributed by atoms with Crippen molar-refractivity contribution >= 4 is 11.6 Å². The van der Waals surface area contributed by atoms with Crippen molar-refractivity contribution in [3.8, 4) is 5.75 Å². The maximum atomic E-state index is 12.0. The molecule has 4 heteroatoms. The second kappa shape index (κ2) is 6.40. The van der Waals surface area contributed by atoms with E-state index in [4.69, 9.17) is 4.74 Å². The number of ether oxygens (including phenoxy) is 1. The van der Waals surface area contributed by atoms with Crippen molar-refractivity contribution in [3.05, 3.63) is 24.3 Å². The highest BCUT2D eigenvalue weighted by Crippen LogP contribution is 2.18. The van der Waals surface area contributed by atoms with Crippen molar-refractivity contribution < 1.29 is 9.53 Å².